The van der Waals surface area contributed by atoms with Gasteiger partial charge in [-0.3, -0.25) is 4.79 Å². The minimum Gasteiger partial charge on any atom is -0.352 e. The van der Waals surface area contributed by atoms with Gasteiger partial charge in [0.1, 0.15) is 0 Å². The number of amides is 1. The van der Waals surface area contributed by atoms with E-state index in [9.17, 15) is 4.79 Å². The molecule has 1 amide bonds. The second kappa shape index (κ2) is 8.20. The third-order valence-electron chi connectivity index (χ3n) is 3.57. The zero-order valence-corrected chi connectivity index (χ0v) is 13.1. The first-order chi connectivity index (χ1) is 10.7. The highest BCUT2D eigenvalue weighted by Crippen LogP contribution is 2.14. The van der Waals surface area contributed by atoms with Crippen molar-refractivity contribution in [1.29, 1.82) is 0 Å². The normalized spacial score (nSPS) is 10.3. The molecule has 4 nitrogen and oxygen atoms in total. The van der Waals surface area contributed by atoms with Crippen LogP contribution in [0.1, 0.15) is 23.1 Å². The summed E-state index contributed by atoms with van der Waals surface area (Å²) in [5, 5.41) is 2.99. The summed E-state index contributed by atoms with van der Waals surface area (Å²) in [5.74, 6) is 0.0840. The monoisotopic (exact) mass is 297 g/mol. The highest BCUT2D eigenvalue weighted by Gasteiger charge is 2.04. The average Bonchev–Trinajstić information content (AvgIpc) is 2.53. The molecule has 0 fully saturated rings. The summed E-state index contributed by atoms with van der Waals surface area (Å²) < 4.78 is 0. The lowest BCUT2D eigenvalue weighted by molar-refractivity contribution is -0.121. The molecule has 0 heterocycles. The molecule has 2 aromatic rings. The van der Waals surface area contributed by atoms with E-state index in [1.54, 1.807) is 0 Å². The van der Waals surface area contributed by atoms with E-state index in [-0.39, 0.29) is 5.91 Å². The Balaban J connectivity index is 1.81. The molecule has 0 spiro atoms. The van der Waals surface area contributed by atoms with E-state index in [2.05, 4.69) is 22.2 Å². The van der Waals surface area contributed by atoms with Crippen molar-refractivity contribution in [2.24, 2.45) is 0 Å². The largest absolute Gasteiger partial charge is 0.352 e. The van der Waals surface area contributed by atoms with Gasteiger partial charge in [0.15, 0.2) is 0 Å². The van der Waals surface area contributed by atoms with Crippen molar-refractivity contribution in [3.63, 3.8) is 0 Å². The summed E-state index contributed by atoms with van der Waals surface area (Å²) in [5.41, 5.74) is 10.4. The molecule has 0 atom stereocenters. The van der Waals surface area contributed by atoms with Crippen molar-refractivity contribution >= 4 is 11.6 Å². The highest BCUT2D eigenvalue weighted by molar-refractivity contribution is 5.76. The van der Waals surface area contributed by atoms with E-state index >= 15 is 0 Å². The number of nitrogens with one attached hydrogen (secondary N) is 3. The molecule has 0 aromatic heterocycles. The van der Waals surface area contributed by atoms with E-state index in [1.807, 2.05) is 56.4 Å². The van der Waals surface area contributed by atoms with Crippen LogP contribution in [0, 0.1) is 6.92 Å². The first-order valence-electron chi connectivity index (χ1n) is 7.52. The lowest BCUT2D eigenvalue weighted by Crippen LogP contribution is -2.23. The first kappa shape index (κ1) is 16.0. The predicted octanol–water partition coefficient (Wildman–Crippen LogP) is 2.79. The Morgan fingerprint density at radius 2 is 1.86 bits per heavy atom. The minimum atomic E-state index is 0.0840. The first-order valence-corrected chi connectivity index (χ1v) is 7.52. The second-order valence-corrected chi connectivity index (χ2v) is 5.28. The van der Waals surface area contributed by atoms with E-state index in [4.69, 9.17) is 0 Å². The lowest BCUT2D eigenvalue weighted by atomic mass is 10.1. The molecule has 0 unspecified atom stereocenters. The van der Waals surface area contributed by atoms with Gasteiger partial charge in [-0.05, 0) is 42.2 Å². The van der Waals surface area contributed by atoms with E-state index in [0.29, 0.717) is 13.0 Å². The Bertz CT molecular complexity index is 611. The maximum absolute atomic E-state index is 11.9. The molecule has 0 aliphatic carbocycles. The minimum absolute atomic E-state index is 0.0840. The molecule has 22 heavy (non-hydrogen) atoms. The van der Waals surface area contributed by atoms with Crippen LogP contribution >= 0.6 is 0 Å². The average molecular weight is 297 g/mol. The quantitative estimate of drug-likeness (QED) is 0.689. The molecule has 0 radical (unpaired) electrons. The van der Waals surface area contributed by atoms with Crippen LogP contribution in [0.15, 0.2) is 48.5 Å². The van der Waals surface area contributed by atoms with Crippen LogP contribution in [0.2, 0.25) is 0 Å². The van der Waals surface area contributed by atoms with Gasteiger partial charge < -0.3 is 10.7 Å². The zero-order chi connectivity index (χ0) is 15.8. The van der Waals surface area contributed by atoms with Crippen molar-refractivity contribution in [2.75, 3.05) is 12.5 Å². The fourth-order valence-electron chi connectivity index (χ4n) is 2.30. The molecule has 0 bridgehead atoms. The van der Waals surface area contributed by atoms with Crippen LogP contribution in [-0.4, -0.2) is 13.0 Å². The molecule has 0 aliphatic rings. The Morgan fingerprint density at radius 1 is 1.09 bits per heavy atom. The van der Waals surface area contributed by atoms with Gasteiger partial charge in [0, 0.05) is 25.7 Å². The fraction of sp³-hybridized carbons (Fsp3) is 0.278. The fourth-order valence-corrected chi connectivity index (χ4v) is 2.30. The Labute approximate surface area is 131 Å². The van der Waals surface area contributed by atoms with Gasteiger partial charge in [0.25, 0.3) is 0 Å². The molecule has 0 saturated heterocycles. The number of aryl methyl sites for hydroxylation is 2. The van der Waals surface area contributed by atoms with Crippen molar-refractivity contribution < 1.29 is 4.79 Å². The third-order valence-corrected chi connectivity index (χ3v) is 3.57. The van der Waals surface area contributed by atoms with Gasteiger partial charge in [-0.15, -0.1) is 0 Å². The van der Waals surface area contributed by atoms with E-state index in [1.165, 1.54) is 5.56 Å². The number of benzene rings is 2. The molecular weight excluding hydrogens is 274 g/mol. The Kier molecular flexibility index (Phi) is 5.98. The van der Waals surface area contributed by atoms with Gasteiger partial charge >= 0.3 is 0 Å². The van der Waals surface area contributed by atoms with Crippen LogP contribution in [0.5, 0.6) is 0 Å². The Morgan fingerprint density at radius 3 is 2.55 bits per heavy atom. The SMILES string of the molecule is CNNc1ccc(CNC(=O)CCc2ccccc2)c(C)c1. The number of hydrogen-bond donors (Lipinski definition) is 3. The molecular formula is C18H23N3O. The summed E-state index contributed by atoms with van der Waals surface area (Å²) in [4.78, 5) is 11.9. The summed E-state index contributed by atoms with van der Waals surface area (Å²) in [6.45, 7) is 2.62. The highest BCUT2D eigenvalue weighted by atomic mass is 16.1. The third kappa shape index (κ3) is 4.90. The molecule has 3 N–H and O–H groups in total. The van der Waals surface area contributed by atoms with Crippen molar-refractivity contribution in [3.8, 4) is 0 Å². The van der Waals surface area contributed by atoms with Gasteiger partial charge in [-0.25, -0.2) is 5.43 Å². The van der Waals surface area contributed by atoms with Gasteiger partial charge in [-0.1, -0.05) is 36.4 Å². The molecule has 2 rings (SSSR count). The summed E-state index contributed by atoms with van der Waals surface area (Å²) in [7, 11) is 1.83. The number of rotatable bonds is 7. The van der Waals surface area contributed by atoms with Crippen LogP contribution in [-0.2, 0) is 17.8 Å². The molecule has 4 heteroatoms. The molecule has 0 aliphatic heterocycles. The van der Waals surface area contributed by atoms with Gasteiger partial charge in [0.05, 0.1) is 0 Å². The number of carbonyl (C=O) groups is 1. The van der Waals surface area contributed by atoms with Crippen LogP contribution < -0.4 is 16.2 Å². The lowest BCUT2D eigenvalue weighted by Gasteiger charge is -2.11. The predicted molar refractivity (Wildman–Crippen MR) is 90.5 cm³/mol. The van der Waals surface area contributed by atoms with Crippen molar-refractivity contribution in [1.82, 2.24) is 10.7 Å². The molecule has 2 aromatic carbocycles. The Hall–Kier alpha value is -2.33. The summed E-state index contributed by atoms with van der Waals surface area (Å²) >= 11 is 0. The zero-order valence-electron chi connectivity index (χ0n) is 13.1. The second-order valence-electron chi connectivity index (χ2n) is 5.28. The summed E-state index contributed by atoms with van der Waals surface area (Å²) in [6.07, 6.45) is 1.29. The maximum atomic E-state index is 11.9. The number of hydrogen-bond acceptors (Lipinski definition) is 3. The molecule has 116 valence electrons. The van der Waals surface area contributed by atoms with E-state index in [0.717, 1.165) is 23.2 Å². The number of carbonyl (C=O) groups excluding carboxylic acids is 1. The molecule has 0 saturated carbocycles. The van der Waals surface area contributed by atoms with Crippen LogP contribution in [0.4, 0.5) is 5.69 Å². The number of hydrazine groups is 1. The standard InChI is InChI=1S/C18H23N3O/c1-14-12-17(21-19-2)10-9-16(14)13-20-18(22)11-8-15-6-4-3-5-7-15/h3-7,9-10,12,19,21H,8,11,13H2,1-2H3,(H,20,22). The van der Waals surface area contributed by atoms with Crippen LogP contribution in [0.3, 0.4) is 0 Å². The van der Waals surface area contributed by atoms with Crippen molar-refractivity contribution in [3.05, 3.63) is 65.2 Å². The van der Waals surface area contributed by atoms with Crippen LogP contribution in [0.25, 0.3) is 0 Å². The van der Waals surface area contributed by atoms with Gasteiger partial charge in [0.2, 0.25) is 5.91 Å². The summed E-state index contributed by atoms with van der Waals surface area (Å²) in [6, 6.07) is 16.2. The maximum Gasteiger partial charge on any atom is 0.220 e. The van der Waals surface area contributed by atoms with Crippen molar-refractivity contribution in [2.45, 2.75) is 26.3 Å². The smallest absolute Gasteiger partial charge is 0.220 e. The topological polar surface area (TPSA) is 53.2 Å². The number of anilines is 1. The van der Waals surface area contributed by atoms with Gasteiger partial charge in [-0.2, -0.15) is 0 Å². The van der Waals surface area contributed by atoms with E-state index < -0.39 is 0 Å².